The summed E-state index contributed by atoms with van der Waals surface area (Å²) >= 11 is 0. The van der Waals surface area contributed by atoms with Crippen LogP contribution in [0.5, 0.6) is 5.75 Å². The molecule has 2 rings (SSSR count). The molecule has 2 aromatic rings. The summed E-state index contributed by atoms with van der Waals surface area (Å²) in [6, 6.07) is 12.6. The first kappa shape index (κ1) is 16.6. The molecule has 2 nitrogen and oxygen atoms in total. The van der Waals surface area contributed by atoms with Gasteiger partial charge in [0.25, 0.3) is 8.32 Å². The van der Waals surface area contributed by atoms with E-state index in [9.17, 15) is 0 Å². The summed E-state index contributed by atoms with van der Waals surface area (Å²) in [5, 5.41) is 0.197. The largest absolute Gasteiger partial charge is 0.542 e. The minimum atomic E-state index is -1.81. The summed E-state index contributed by atoms with van der Waals surface area (Å²) in [4.78, 5) is 0. The fraction of sp³-hybridized carbons (Fsp3) is 0.368. The van der Waals surface area contributed by atoms with Crippen molar-refractivity contribution in [2.75, 3.05) is 0 Å². The first-order chi connectivity index (χ1) is 10.2. The fourth-order valence-corrected chi connectivity index (χ4v) is 3.10. The Bertz CT molecular complexity index is 635. The third-order valence-electron chi connectivity index (χ3n) is 4.49. The van der Waals surface area contributed by atoms with Gasteiger partial charge in [-0.25, -0.2) is 0 Å². The molecule has 0 spiro atoms. The average molecular weight is 314 g/mol. The summed E-state index contributed by atoms with van der Waals surface area (Å²) in [6.07, 6.45) is 3.99. The van der Waals surface area contributed by atoms with E-state index in [1.165, 1.54) is 5.56 Å². The van der Waals surface area contributed by atoms with Crippen LogP contribution in [0.1, 0.15) is 32.0 Å². The van der Waals surface area contributed by atoms with Crippen LogP contribution in [0.4, 0.5) is 0 Å². The maximum Gasteiger partial charge on any atom is 0.250 e. The van der Waals surface area contributed by atoms with Crippen LogP contribution in [-0.2, 0) is 6.54 Å². The smallest absolute Gasteiger partial charge is 0.250 e. The van der Waals surface area contributed by atoms with E-state index >= 15 is 0 Å². The van der Waals surface area contributed by atoms with E-state index in [1.807, 2.05) is 12.1 Å². The van der Waals surface area contributed by atoms with Gasteiger partial charge in [0.15, 0.2) is 0 Å². The van der Waals surface area contributed by atoms with Crippen LogP contribution in [0.15, 0.2) is 49.2 Å². The van der Waals surface area contributed by atoms with Crippen molar-refractivity contribution >= 4 is 14.4 Å². The highest BCUT2D eigenvalue weighted by Crippen LogP contribution is 2.37. The lowest BCUT2D eigenvalue weighted by molar-refractivity contribution is 0.491. The molecule has 0 aliphatic carbocycles. The summed E-state index contributed by atoms with van der Waals surface area (Å²) in [7, 11) is -1.81. The van der Waals surface area contributed by atoms with Crippen molar-refractivity contribution in [1.29, 1.82) is 0 Å². The van der Waals surface area contributed by atoms with Crippen LogP contribution in [0.2, 0.25) is 18.1 Å². The van der Waals surface area contributed by atoms with Crippen LogP contribution in [0, 0.1) is 0 Å². The highest BCUT2D eigenvalue weighted by atomic mass is 28.4. The molecule has 3 heteroatoms. The minimum Gasteiger partial charge on any atom is -0.542 e. The van der Waals surface area contributed by atoms with E-state index in [-0.39, 0.29) is 5.04 Å². The molecule has 1 heterocycles. The Morgan fingerprint density at radius 1 is 1.18 bits per heavy atom. The molecule has 0 N–H and O–H groups in total. The molecule has 1 aromatic heterocycles. The van der Waals surface area contributed by atoms with Crippen molar-refractivity contribution in [3.63, 3.8) is 0 Å². The van der Waals surface area contributed by atoms with Crippen molar-refractivity contribution in [3.05, 3.63) is 60.4 Å². The Hall–Kier alpha value is -1.74. The van der Waals surface area contributed by atoms with Crippen molar-refractivity contribution < 1.29 is 4.43 Å². The predicted molar refractivity (Wildman–Crippen MR) is 97.9 cm³/mol. The summed E-state index contributed by atoms with van der Waals surface area (Å²) < 4.78 is 8.60. The topological polar surface area (TPSA) is 14.2 Å². The Morgan fingerprint density at radius 3 is 2.36 bits per heavy atom. The monoisotopic (exact) mass is 313 g/mol. The standard InChI is InChI=1S/C19H27NOSi/c1-7-17-13-18(21-22(5,6)19(2,3)4)15-20(17)14-16-11-9-8-10-12-16/h7-13,15H,1,14H2,2-6H3. The lowest BCUT2D eigenvalue weighted by atomic mass is 10.2. The van der Waals surface area contributed by atoms with Gasteiger partial charge in [-0.2, -0.15) is 0 Å². The number of hydrogen-bond donors (Lipinski definition) is 0. The normalized spacial score (nSPS) is 12.2. The van der Waals surface area contributed by atoms with Gasteiger partial charge in [-0.3, -0.25) is 0 Å². The first-order valence-electron chi connectivity index (χ1n) is 7.78. The number of rotatable bonds is 5. The van der Waals surface area contributed by atoms with Crippen molar-refractivity contribution in [2.24, 2.45) is 0 Å². The highest BCUT2D eigenvalue weighted by molar-refractivity contribution is 6.74. The Morgan fingerprint density at radius 2 is 1.82 bits per heavy atom. The third-order valence-corrected chi connectivity index (χ3v) is 8.85. The molecule has 118 valence electrons. The molecule has 0 atom stereocenters. The van der Waals surface area contributed by atoms with Gasteiger partial charge in [-0.15, -0.1) is 0 Å². The molecule has 0 saturated heterocycles. The predicted octanol–water partition coefficient (Wildman–Crippen LogP) is 5.56. The molecule has 0 radical (unpaired) electrons. The van der Waals surface area contributed by atoms with Crippen molar-refractivity contribution in [2.45, 2.75) is 45.4 Å². The molecule has 22 heavy (non-hydrogen) atoms. The van der Waals surface area contributed by atoms with Gasteiger partial charge in [0.1, 0.15) is 5.75 Å². The van der Waals surface area contributed by atoms with E-state index in [4.69, 9.17) is 4.43 Å². The van der Waals surface area contributed by atoms with Gasteiger partial charge in [-0.05, 0) is 29.8 Å². The summed E-state index contributed by atoms with van der Waals surface area (Å²) in [6.45, 7) is 16.1. The van der Waals surface area contributed by atoms with Gasteiger partial charge in [-0.1, -0.05) is 57.7 Å². The molecule has 0 fully saturated rings. The minimum absolute atomic E-state index is 0.197. The lowest BCUT2D eigenvalue weighted by Gasteiger charge is -2.36. The Kier molecular flexibility index (Phi) is 4.66. The van der Waals surface area contributed by atoms with Crippen LogP contribution in [0.3, 0.4) is 0 Å². The summed E-state index contributed by atoms with van der Waals surface area (Å²) in [5.74, 6) is 0.956. The fourth-order valence-electron chi connectivity index (χ4n) is 2.09. The van der Waals surface area contributed by atoms with Crippen LogP contribution in [0.25, 0.3) is 6.08 Å². The number of hydrogen-bond acceptors (Lipinski definition) is 1. The number of aromatic nitrogens is 1. The second-order valence-electron chi connectivity index (χ2n) is 7.28. The van der Waals surface area contributed by atoms with Crippen LogP contribution < -0.4 is 4.43 Å². The molecule has 0 unspecified atom stereocenters. The molecular weight excluding hydrogens is 286 g/mol. The van der Waals surface area contributed by atoms with Crippen molar-refractivity contribution in [1.82, 2.24) is 4.57 Å². The van der Waals surface area contributed by atoms with E-state index < -0.39 is 8.32 Å². The molecule has 1 aromatic carbocycles. The Balaban J connectivity index is 2.24. The number of benzene rings is 1. The Labute approximate surface area is 135 Å². The van der Waals surface area contributed by atoms with E-state index in [1.54, 1.807) is 0 Å². The van der Waals surface area contributed by atoms with Gasteiger partial charge < -0.3 is 8.99 Å². The van der Waals surface area contributed by atoms with Crippen LogP contribution in [-0.4, -0.2) is 12.9 Å². The molecule has 0 aliphatic rings. The quantitative estimate of drug-likeness (QED) is 0.659. The maximum atomic E-state index is 6.40. The van der Waals surface area contributed by atoms with Gasteiger partial charge in [0.2, 0.25) is 0 Å². The van der Waals surface area contributed by atoms with E-state index in [0.29, 0.717) is 0 Å². The number of nitrogens with zero attached hydrogens (tertiary/aromatic N) is 1. The van der Waals surface area contributed by atoms with Gasteiger partial charge >= 0.3 is 0 Å². The van der Waals surface area contributed by atoms with Crippen molar-refractivity contribution in [3.8, 4) is 5.75 Å². The zero-order valence-electron chi connectivity index (χ0n) is 14.4. The van der Waals surface area contributed by atoms with E-state index in [2.05, 4.69) is 81.5 Å². The van der Waals surface area contributed by atoms with Gasteiger partial charge in [0.05, 0.1) is 0 Å². The second kappa shape index (κ2) is 6.17. The zero-order chi connectivity index (χ0) is 16.4. The lowest BCUT2D eigenvalue weighted by Crippen LogP contribution is -2.43. The molecule has 0 amide bonds. The summed E-state index contributed by atoms with van der Waals surface area (Å²) in [5.41, 5.74) is 2.37. The molecule has 0 saturated carbocycles. The maximum absolute atomic E-state index is 6.40. The van der Waals surface area contributed by atoms with E-state index in [0.717, 1.165) is 18.0 Å². The molecule has 0 bridgehead atoms. The van der Waals surface area contributed by atoms with Gasteiger partial charge in [0, 0.05) is 24.5 Å². The average Bonchev–Trinajstić information content (AvgIpc) is 2.79. The second-order valence-corrected chi connectivity index (χ2v) is 12.0. The highest BCUT2D eigenvalue weighted by Gasteiger charge is 2.39. The molecular formula is C19H27NOSi. The third kappa shape index (κ3) is 3.71. The first-order valence-corrected chi connectivity index (χ1v) is 10.7. The van der Waals surface area contributed by atoms with Crippen LogP contribution >= 0.6 is 0 Å². The zero-order valence-corrected chi connectivity index (χ0v) is 15.4. The SMILES string of the molecule is C=Cc1cc(O[Si](C)(C)C(C)(C)C)cn1Cc1ccccc1. The molecule has 0 aliphatic heterocycles.